The predicted molar refractivity (Wildman–Crippen MR) is 100 cm³/mol. The van der Waals surface area contributed by atoms with Gasteiger partial charge in [-0.1, -0.05) is 32.1 Å². The van der Waals surface area contributed by atoms with Gasteiger partial charge in [-0.2, -0.15) is 0 Å². The predicted octanol–water partition coefficient (Wildman–Crippen LogP) is 2.52. The van der Waals surface area contributed by atoms with Gasteiger partial charge in [-0.15, -0.1) is 0 Å². The number of amides is 3. The first-order valence-electron chi connectivity index (χ1n) is 10.2. The summed E-state index contributed by atoms with van der Waals surface area (Å²) in [6.45, 7) is 2.26. The molecule has 1 aliphatic carbocycles. The fourth-order valence-electron chi connectivity index (χ4n) is 3.86. The van der Waals surface area contributed by atoms with Gasteiger partial charge in [-0.25, -0.2) is 4.79 Å². The third-order valence-corrected chi connectivity index (χ3v) is 5.47. The Kier molecular flexibility index (Phi) is 9.08. The summed E-state index contributed by atoms with van der Waals surface area (Å²) < 4.78 is 0. The topological polar surface area (TPSA) is 87.5 Å². The molecule has 4 N–H and O–H groups in total. The number of piperidine rings is 1. The largest absolute Gasteiger partial charge is 0.343 e. The number of hydrogen-bond donors (Lipinski definition) is 3. The van der Waals surface area contributed by atoms with Crippen LogP contribution in [-0.4, -0.2) is 48.6 Å². The van der Waals surface area contributed by atoms with E-state index in [1.165, 1.54) is 19.3 Å². The van der Waals surface area contributed by atoms with Gasteiger partial charge in [0.15, 0.2) is 0 Å². The first-order valence-corrected chi connectivity index (χ1v) is 10.2. The van der Waals surface area contributed by atoms with E-state index < -0.39 is 0 Å². The number of carbonyl (C=O) groups excluding carboxylic acids is 2. The van der Waals surface area contributed by atoms with Crippen molar-refractivity contribution in [1.29, 1.82) is 0 Å². The summed E-state index contributed by atoms with van der Waals surface area (Å²) in [7, 11) is 0. The molecule has 1 aliphatic heterocycles. The molecule has 6 nitrogen and oxygen atoms in total. The van der Waals surface area contributed by atoms with Gasteiger partial charge in [0, 0.05) is 31.6 Å². The van der Waals surface area contributed by atoms with E-state index in [-0.39, 0.29) is 18.0 Å². The molecule has 0 aromatic heterocycles. The highest BCUT2D eigenvalue weighted by Crippen LogP contribution is 2.17. The normalized spacial score (nSPS) is 19.6. The maximum Gasteiger partial charge on any atom is 0.315 e. The van der Waals surface area contributed by atoms with E-state index in [2.05, 4.69) is 10.6 Å². The Labute approximate surface area is 152 Å². The van der Waals surface area contributed by atoms with Crippen LogP contribution in [-0.2, 0) is 4.79 Å². The SMILES string of the molecule is NCCCCCCC(=O)N1CCC(NC(=O)NC2CCCCC2)CC1. The minimum Gasteiger partial charge on any atom is -0.343 e. The zero-order valence-electron chi connectivity index (χ0n) is 15.6. The monoisotopic (exact) mass is 352 g/mol. The Morgan fingerprint density at radius 3 is 2.08 bits per heavy atom. The number of unbranched alkanes of at least 4 members (excludes halogenated alkanes) is 3. The molecule has 2 fully saturated rings. The number of likely N-dealkylation sites (tertiary alicyclic amines) is 1. The Hall–Kier alpha value is -1.30. The van der Waals surface area contributed by atoms with Crippen LogP contribution in [0.2, 0.25) is 0 Å². The summed E-state index contributed by atoms with van der Waals surface area (Å²) in [6, 6.07) is 0.503. The average molecular weight is 353 g/mol. The quantitative estimate of drug-likeness (QED) is 0.587. The second-order valence-corrected chi connectivity index (χ2v) is 7.56. The fourth-order valence-corrected chi connectivity index (χ4v) is 3.86. The van der Waals surface area contributed by atoms with Crippen molar-refractivity contribution >= 4 is 11.9 Å². The van der Waals surface area contributed by atoms with Crippen LogP contribution >= 0.6 is 0 Å². The fraction of sp³-hybridized carbons (Fsp3) is 0.895. The average Bonchev–Trinajstić information content (AvgIpc) is 2.63. The summed E-state index contributed by atoms with van der Waals surface area (Å²) in [5.41, 5.74) is 5.48. The van der Waals surface area contributed by atoms with Gasteiger partial charge in [-0.05, 0) is 45.1 Å². The lowest BCUT2D eigenvalue weighted by atomic mass is 9.96. The lowest BCUT2D eigenvalue weighted by molar-refractivity contribution is -0.132. The van der Waals surface area contributed by atoms with Gasteiger partial charge < -0.3 is 21.3 Å². The number of nitrogens with one attached hydrogen (secondary N) is 2. The van der Waals surface area contributed by atoms with E-state index in [0.717, 1.165) is 71.0 Å². The van der Waals surface area contributed by atoms with Crippen LogP contribution in [0.1, 0.15) is 77.0 Å². The molecule has 6 heteroatoms. The van der Waals surface area contributed by atoms with Gasteiger partial charge in [0.25, 0.3) is 0 Å². The van der Waals surface area contributed by atoms with E-state index in [4.69, 9.17) is 5.73 Å². The Balaban J connectivity index is 1.57. The van der Waals surface area contributed by atoms with Crippen molar-refractivity contribution in [3.05, 3.63) is 0 Å². The van der Waals surface area contributed by atoms with Crippen molar-refractivity contribution < 1.29 is 9.59 Å². The second-order valence-electron chi connectivity index (χ2n) is 7.56. The zero-order valence-corrected chi connectivity index (χ0v) is 15.6. The molecule has 1 saturated heterocycles. The Morgan fingerprint density at radius 2 is 1.44 bits per heavy atom. The molecule has 3 amide bonds. The van der Waals surface area contributed by atoms with Gasteiger partial charge in [-0.3, -0.25) is 4.79 Å². The summed E-state index contributed by atoms with van der Waals surface area (Å²) in [5, 5.41) is 6.20. The minimum absolute atomic E-state index is 0.0309. The molecule has 0 aromatic rings. The number of carbonyl (C=O) groups is 2. The van der Waals surface area contributed by atoms with E-state index in [1.54, 1.807) is 0 Å². The first-order chi connectivity index (χ1) is 12.2. The highest BCUT2D eigenvalue weighted by atomic mass is 16.2. The van der Waals surface area contributed by atoms with Gasteiger partial charge in [0.2, 0.25) is 5.91 Å². The van der Waals surface area contributed by atoms with Crippen molar-refractivity contribution in [3.63, 3.8) is 0 Å². The summed E-state index contributed by atoms with van der Waals surface area (Å²) in [6.07, 6.45) is 12.5. The molecule has 0 unspecified atom stereocenters. The molecule has 1 saturated carbocycles. The maximum absolute atomic E-state index is 12.2. The standard InChI is InChI=1S/C19H36N4O2/c20-13-7-2-1-6-10-18(24)23-14-11-17(12-15-23)22-19(25)21-16-8-4-3-5-9-16/h16-17H,1-15,20H2,(H2,21,22,25). The molecule has 0 aromatic carbocycles. The smallest absolute Gasteiger partial charge is 0.315 e. The number of nitrogens with zero attached hydrogens (tertiary/aromatic N) is 1. The van der Waals surface area contributed by atoms with Gasteiger partial charge in [0.1, 0.15) is 0 Å². The molecule has 0 bridgehead atoms. The molecule has 2 rings (SSSR count). The van der Waals surface area contributed by atoms with E-state index in [9.17, 15) is 9.59 Å². The highest BCUT2D eigenvalue weighted by Gasteiger charge is 2.24. The van der Waals surface area contributed by atoms with E-state index in [0.29, 0.717) is 12.5 Å². The molecular weight excluding hydrogens is 316 g/mol. The number of rotatable bonds is 8. The van der Waals surface area contributed by atoms with Crippen molar-refractivity contribution in [2.24, 2.45) is 5.73 Å². The molecule has 0 spiro atoms. The van der Waals surface area contributed by atoms with Crippen LogP contribution in [0.25, 0.3) is 0 Å². The van der Waals surface area contributed by atoms with Crippen LogP contribution in [0.4, 0.5) is 4.79 Å². The Morgan fingerprint density at radius 1 is 0.840 bits per heavy atom. The maximum atomic E-state index is 12.2. The minimum atomic E-state index is -0.0309. The van der Waals surface area contributed by atoms with Crippen LogP contribution in [0, 0.1) is 0 Å². The molecular formula is C19H36N4O2. The van der Waals surface area contributed by atoms with Gasteiger partial charge in [0.05, 0.1) is 0 Å². The summed E-state index contributed by atoms with van der Waals surface area (Å²) in [5.74, 6) is 0.262. The molecule has 25 heavy (non-hydrogen) atoms. The molecule has 0 atom stereocenters. The van der Waals surface area contributed by atoms with Crippen LogP contribution in [0.5, 0.6) is 0 Å². The van der Waals surface area contributed by atoms with Crippen LogP contribution < -0.4 is 16.4 Å². The van der Waals surface area contributed by atoms with Crippen molar-refractivity contribution in [3.8, 4) is 0 Å². The number of hydrogen-bond acceptors (Lipinski definition) is 3. The number of urea groups is 1. The summed E-state index contributed by atoms with van der Waals surface area (Å²) in [4.78, 5) is 26.3. The lowest BCUT2D eigenvalue weighted by Gasteiger charge is -2.33. The highest BCUT2D eigenvalue weighted by molar-refractivity contribution is 5.76. The van der Waals surface area contributed by atoms with Crippen molar-refractivity contribution in [1.82, 2.24) is 15.5 Å². The van der Waals surface area contributed by atoms with Crippen molar-refractivity contribution in [2.45, 2.75) is 89.1 Å². The zero-order chi connectivity index (χ0) is 17.9. The van der Waals surface area contributed by atoms with Crippen molar-refractivity contribution in [2.75, 3.05) is 19.6 Å². The van der Waals surface area contributed by atoms with Crippen LogP contribution in [0.15, 0.2) is 0 Å². The first kappa shape index (κ1) is 20.0. The third-order valence-electron chi connectivity index (χ3n) is 5.47. The number of nitrogens with two attached hydrogens (primary N) is 1. The second kappa shape index (κ2) is 11.3. The van der Waals surface area contributed by atoms with E-state index >= 15 is 0 Å². The molecule has 1 heterocycles. The summed E-state index contributed by atoms with van der Waals surface area (Å²) >= 11 is 0. The molecule has 144 valence electrons. The van der Waals surface area contributed by atoms with Gasteiger partial charge >= 0.3 is 6.03 Å². The van der Waals surface area contributed by atoms with E-state index in [1.807, 2.05) is 4.90 Å². The lowest BCUT2D eigenvalue weighted by Crippen LogP contribution is -2.51. The Bertz CT molecular complexity index is 402. The molecule has 2 aliphatic rings. The molecule has 0 radical (unpaired) electrons. The third kappa shape index (κ3) is 7.63. The van der Waals surface area contributed by atoms with Crippen LogP contribution in [0.3, 0.4) is 0 Å².